The lowest BCUT2D eigenvalue weighted by Gasteiger charge is -2.14. The summed E-state index contributed by atoms with van der Waals surface area (Å²) >= 11 is 0. The number of esters is 1. The second-order valence-electron chi connectivity index (χ2n) is 4.76. The molecule has 1 heterocycles. The molecule has 110 valence electrons. The molecule has 2 aromatic rings. The van der Waals surface area contributed by atoms with Gasteiger partial charge in [0.05, 0.1) is 29.0 Å². The molecule has 5 heteroatoms. The highest BCUT2D eigenvalue weighted by Gasteiger charge is 2.36. The fourth-order valence-electron chi connectivity index (χ4n) is 2.41. The van der Waals surface area contributed by atoms with Crippen molar-refractivity contribution >= 4 is 23.5 Å². The summed E-state index contributed by atoms with van der Waals surface area (Å²) in [4.78, 5) is 37.7. The Morgan fingerprint density at radius 1 is 1.00 bits per heavy atom. The molecule has 2 amide bonds. The third-order valence-corrected chi connectivity index (χ3v) is 3.41. The number of benzene rings is 2. The minimum atomic E-state index is -0.485. The van der Waals surface area contributed by atoms with Gasteiger partial charge in [-0.2, -0.15) is 0 Å². The highest BCUT2D eigenvalue weighted by Crippen LogP contribution is 2.28. The van der Waals surface area contributed by atoms with Gasteiger partial charge in [0.25, 0.3) is 11.8 Å². The van der Waals surface area contributed by atoms with Crippen LogP contribution in [0.15, 0.2) is 48.5 Å². The van der Waals surface area contributed by atoms with Crippen molar-refractivity contribution in [1.82, 2.24) is 0 Å². The Balaban J connectivity index is 2.00. The van der Waals surface area contributed by atoms with E-state index in [-0.39, 0.29) is 18.4 Å². The van der Waals surface area contributed by atoms with Gasteiger partial charge in [0.2, 0.25) is 0 Å². The molecule has 0 bridgehead atoms. The second-order valence-corrected chi connectivity index (χ2v) is 4.76. The molecule has 1 aliphatic heterocycles. The van der Waals surface area contributed by atoms with Gasteiger partial charge in [0, 0.05) is 0 Å². The van der Waals surface area contributed by atoms with Crippen molar-refractivity contribution in [2.75, 3.05) is 11.5 Å². The van der Waals surface area contributed by atoms with Gasteiger partial charge in [-0.3, -0.25) is 9.59 Å². The first-order valence-electron chi connectivity index (χ1n) is 6.88. The third-order valence-electron chi connectivity index (χ3n) is 3.41. The number of hydrogen-bond acceptors (Lipinski definition) is 4. The average molecular weight is 295 g/mol. The highest BCUT2D eigenvalue weighted by molar-refractivity contribution is 6.34. The molecule has 3 rings (SSSR count). The van der Waals surface area contributed by atoms with Gasteiger partial charge >= 0.3 is 5.97 Å². The van der Waals surface area contributed by atoms with E-state index in [0.717, 1.165) is 4.90 Å². The van der Waals surface area contributed by atoms with Crippen molar-refractivity contribution in [3.05, 3.63) is 65.2 Å². The van der Waals surface area contributed by atoms with E-state index in [2.05, 4.69) is 0 Å². The molecule has 0 spiro atoms. The Hall–Kier alpha value is -2.95. The van der Waals surface area contributed by atoms with Crippen molar-refractivity contribution < 1.29 is 19.1 Å². The SMILES string of the molecule is CCOC(=O)c1cccc(N2C(=O)c3ccccc3C2=O)c1. The summed E-state index contributed by atoms with van der Waals surface area (Å²) in [5, 5.41) is 0. The van der Waals surface area contributed by atoms with E-state index in [4.69, 9.17) is 4.74 Å². The first-order valence-corrected chi connectivity index (χ1v) is 6.88. The number of carbonyl (C=O) groups excluding carboxylic acids is 3. The molecule has 0 saturated carbocycles. The quantitative estimate of drug-likeness (QED) is 0.645. The lowest BCUT2D eigenvalue weighted by atomic mass is 10.1. The smallest absolute Gasteiger partial charge is 0.338 e. The van der Waals surface area contributed by atoms with Gasteiger partial charge < -0.3 is 4.74 Å². The molecule has 0 N–H and O–H groups in total. The lowest BCUT2D eigenvalue weighted by molar-refractivity contribution is 0.0525. The van der Waals surface area contributed by atoms with Gasteiger partial charge in [0.1, 0.15) is 0 Å². The maximum absolute atomic E-state index is 12.4. The zero-order chi connectivity index (χ0) is 15.7. The van der Waals surface area contributed by atoms with E-state index < -0.39 is 5.97 Å². The molecule has 1 aliphatic rings. The zero-order valence-corrected chi connectivity index (χ0v) is 11.9. The highest BCUT2D eigenvalue weighted by atomic mass is 16.5. The van der Waals surface area contributed by atoms with Crippen LogP contribution >= 0.6 is 0 Å². The summed E-state index contributed by atoms with van der Waals surface area (Å²) < 4.78 is 4.93. The van der Waals surface area contributed by atoms with Crippen molar-refractivity contribution in [2.24, 2.45) is 0 Å². The minimum absolute atomic E-state index is 0.260. The minimum Gasteiger partial charge on any atom is -0.462 e. The summed E-state index contributed by atoms with van der Waals surface area (Å²) in [6, 6.07) is 13.0. The number of anilines is 1. The second kappa shape index (κ2) is 5.44. The summed E-state index contributed by atoms with van der Waals surface area (Å²) in [7, 11) is 0. The predicted octanol–water partition coefficient (Wildman–Crippen LogP) is 2.66. The molecular formula is C17H13NO4. The number of carbonyl (C=O) groups is 3. The molecule has 22 heavy (non-hydrogen) atoms. The van der Waals surface area contributed by atoms with Crippen LogP contribution < -0.4 is 4.90 Å². The van der Waals surface area contributed by atoms with Gasteiger partial charge in [0.15, 0.2) is 0 Å². The van der Waals surface area contributed by atoms with Gasteiger partial charge in [-0.1, -0.05) is 18.2 Å². The number of rotatable bonds is 3. The maximum Gasteiger partial charge on any atom is 0.338 e. The molecular weight excluding hydrogens is 282 g/mol. The van der Waals surface area contributed by atoms with Gasteiger partial charge in [-0.25, -0.2) is 9.69 Å². The Morgan fingerprint density at radius 3 is 2.23 bits per heavy atom. The van der Waals surface area contributed by atoms with Crippen molar-refractivity contribution in [1.29, 1.82) is 0 Å². The fraction of sp³-hybridized carbons (Fsp3) is 0.118. The molecule has 0 fully saturated rings. The van der Waals surface area contributed by atoms with E-state index in [0.29, 0.717) is 22.4 Å². The van der Waals surface area contributed by atoms with Crippen LogP contribution in [-0.2, 0) is 4.74 Å². The van der Waals surface area contributed by atoms with Crippen molar-refractivity contribution in [2.45, 2.75) is 6.92 Å². The number of imide groups is 1. The summed E-state index contributed by atoms with van der Waals surface area (Å²) in [5.41, 5.74) is 1.40. The normalized spacial score (nSPS) is 13.2. The number of ether oxygens (including phenoxy) is 1. The molecule has 0 unspecified atom stereocenters. The maximum atomic E-state index is 12.4. The summed E-state index contributed by atoms with van der Waals surface area (Å²) in [6.07, 6.45) is 0. The van der Waals surface area contributed by atoms with E-state index in [9.17, 15) is 14.4 Å². The third kappa shape index (κ3) is 2.16. The van der Waals surface area contributed by atoms with Crippen LogP contribution in [0.5, 0.6) is 0 Å². The topological polar surface area (TPSA) is 63.7 Å². The van der Waals surface area contributed by atoms with E-state index in [1.807, 2.05) is 0 Å². The summed E-state index contributed by atoms with van der Waals surface area (Å²) in [5.74, 6) is -1.26. The average Bonchev–Trinajstić information content (AvgIpc) is 2.80. The standard InChI is InChI=1S/C17H13NO4/c1-2-22-17(21)11-6-5-7-12(10-11)18-15(19)13-8-3-4-9-14(13)16(18)20/h3-10H,2H2,1H3. The van der Waals surface area contributed by atoms with Crippen molar-refractivity contribution in [3.8, 4) is 0 Å². The molecule has 0 saturated heterocycles. The van der Waals surface area contributed by atoms with Crippen LogP contribution in [-0.4, -0.2) is 24.4 Å². The summed E-state index contributed by atoms with van der Waals surface area (Å²) in [6.45, 7) is 1.97. The zero-order valence-electron chi connectivity index (χ0n) is 11.9. The molecule has 0 atom stereocenters. The van der Waals surface area contributed by atoms with E-state index in [1.165, 1.54) is 6.07 Å². The first-order chi connectivity index (χ1) is 10.6. The lowest BCUT2D eigenvalue weighted by Crippen LogP contribution is -2.29. The molecule has 0 radical (unpaired) electrons. The largest absolute Gasteiger partial charge is 0.462 e. The van der Waals surface area contributed by atoms with Gasteiger partial charge in [-0.05, 0) is 37.3 Å². The molecule has 5 nitrogen and oxygen atoms in total. The van der Waals surface area contributed by atoms with Crippen LogP contribution in [0.2, 0.25) is 0 Å². The first kappa shape index (κ1) is 14.0. The Kier molecular flexibility index (Phi) is 3.47. The Labute approximate surface area is 127 Å². The van der Waals surface area contributed by atoms with Crippen LogP contribution in [0.1, 0.15) is 38.0 Å². The molecule has 2 aromatic carbocycles. The Bertz CT molecular complexity index is 747. The number of fused-ring (bicyclic) bond motifs is 1. The van der Waals surface area contributed by atoms with Crippen LogP contribution in [0.25, 0.3) is 0 Å². The Morgan fingerprint density at radius 2 is 1.64 bits per heavy atom. The molecule has 0 aliphatic carbocycles. The monoisotopic (exact) mass is 295 g/mol. The number of hydrogen-bond donors (Lipinski definition) is 0. The number of nitrogens with zero attached hydrogens (tertiary/aromatic N) is 1. The fourth-order valence-corrected chi connectivity index (χ4v) is 2.41. The van der Waals surface area contributed by atoms with Gasteiger partial charge in [-0.15, -0.1) is 0 Å². The van der Waals surface area contributed by atoms with Crippen molar-refractivity contribution in [3.63, 3.8) is 0 Å². The van der Waals surface area contributed by atoms with Crippen LogP contribution in [0.3, 0.4) is 0 Å². The predicted molar refractivity (Wildman–Crippen MR) is 80.0 cm³/mol. The van der Waals surface area contributed by atoms with E-state index >= 15 is 0 Å². The number of amides is 2. The van der Waals surface area contributed by atoms with Crippen LogP contribution in [0.4, 0.5) is 5.69 Å². The van der Waals surface area contributed by atoms with Crippen LogP contribution in [0, 0.1) is 0 Å². The van der Waals surface area contributed by atoms with E-state index in [1.54, 1.807) is 49.4 Å². The molecule has 0 aromatic heterocycles.